The maximum atomic E-state index is 13.1. The van der Waals surface area contributed by atoms with Crippen molar-refractivity contribution in [1.82, 2.24) is 0 Å². The summed E-state index contributed by atoms with van der Waals surface area (Å²) in [5, 5.41) is 29.7. The second-order valence-corrected chi connectivity index (χ2v) is 2.80. The second-order valence-electron chi connectivity index (χ2n) is 2.80. The molecule has 1 aromatic rings. The molecule has 1 rings (SSSR count). The van der Waals surface area contributed by atoms with Crippen LogP contribution in [-0.2, 0) is 0 Å². The molecule has 1 N–H and O–H groups in total. The third kappa shape index (κ3) is 2.26. The van der Waals surface area contributed by atoms with Crippen molar-refractivity contribution < 1.29 is 23.7 Å². The van der Waals surface area contributed by atoms with Crippen LogP contribution in [0.25, 0.3) is 0 Å². The van der Waals surface area contributed by atoms with Crippen LogP contribution in [0.3, 0.4) is 0 Å². The van der Waals surface area contributed by atoms with Gasteiger partial charge >= 0.3 is 11.4 Å². The van der Waals surface area contributed by atoms with E-state index >= 15 is 0 Å². The molecule has 0 aliphatic rings. The van der Waals surface area contributed by atoms with Gasteiger partial charge in [0, 0.05) is 6.07 Å². The van der Waals surface area contributed by atoms with Crippen LogP contribution in [-0.4, -0.2) is 14.9 Å². The maximum absolute atomic E-state index is 13.1. The molecule has 12 heteroatoms. The Bertz CT molecular complexity index is 523. The zero-order valence-electron chi connectivity index (χ0n) is 8.12. The molecule has 0 heterocycles. The Morgan fingerprint density at radius 3 is 1.61 bits per heavy atom. The highest BCUT2D eigenvalue weighted by atomic mass is 19.1. The zero-order chi connectivity index (χ0) is 14.0. The summed E-state index contributed by atoms with van der Waals surface area (Å²) in [6.07, 6.45) is 0. The van der Waals surface area contributed by atoms with Crippen LogP contribution < -0.4 is 5.43 Å². The molecule has 0 aliphatic heterocycles. The summed E-state index contributed by atoms with van der Waals surface area (Å²) in [4.78, 5) is 28.2. The van der Waals surface area contributed by atoms with Gasteiger partial charge < -0.3 is 0 Å². The van der Waals surface area contributed by atoms with E-state index in [0.29, 0.717) is 0 Å². The third-order valence-corrected chi connectivity index (χ3v) is 1.75. The number of hydrazine groups is 1. The van der Waals surface area contributed by atoms with E-state index in [-0.39, 0.29) is 6.07 Å². The molecule has 0 saturated heterocycles. The fourth-order valence-electron chi connectivity index (χ4n) is 1.15. The van der Waals surface area contributed by atoms with Gasteiger partial charge in [0.05, 0.1) is 9.85 Å². The Morgan fingerprint density at radius 1 is 0.944 bits per heavy atom. The number of nitro benzene ring substituents is 2. The minimum atomic E-state index is -1.77. The summed E-state index contributed by atoms with van der Waals surface area (Å²) >= 11 is 0. The molecule has 10 nitrogen and oxygen atoms in total. The predicted molar refractivity (Wildman–Crippen MR) is 50.3 cm³/mol. The summed E-state index contributed by atoms with van der Waals surface area (Å²) in [6, 6.07) is -0.0958. The van der Waals surface area contributed by atoms with Crippen molar-refractivity contribution in [3.05, 3.63) is 48.0 Å². The lowest BCUT2D eigenvalue weighted by atomic mass is 10.2. The van der Waals surface area contributed by atoms with E-state index in [1.165, 1.54) is 0 Å². The molecular weight excluding hydrogens is 262 g/mol. The SMILES string of the molecule is O=[N+]([O-])Nc1c([N+](=O)[O-])c(F)cc(F)c1[N+](=O)[O-]. The Kier molecular flexibility index (Phi) is 3.30. The predicted octanol–water partition coefficient (Wildman–Crippen LogP) is 1.38. The van der Waals surface area contributed by atoms with Crippen molar-refractivity contribution in [2.24, 2.45) is 0 Å². The molecule has 96 valence electrons. The minimum Gasteiger partial charge on any atom is -0.258 e. The number of nitrogens with one attached hydrogen (secondary N) is 1. The fraction of sp³-hybridized carbons (Fsp3) is 0. The van der Waals surface area contributed by atoms with Crippen molar-refractivity contribution in [3.63, 3.8) is 0 Å². The van der Waals surface area contributed by atoms with Gasteiger partial charge in [0.25, 0.3) is 5.69 Å². The lowest BCUT2D eigenvalue weighted by Gasteiger charge is -2.02. The minimum absolute atomic E-state index is 0.0958. The van der Waals surface area contributed by atoms with E-state index in [1.54, 1.807) is 0 Å². The van der Waals surface area contributed by atoms with E-state index in [0.717, 1.165) is 5.43 Å². The molecular formula is C6H2F2N4O6. The second kappa shape index (κ2) is 4.52. The first-order valence-electron chi connectivity index (χ1n) is 3.97. The average molecular weight is 264 g/mol. The fourth-order valence-corrected chi connectivity index (χ4v) is 1.15. The summed E-state index contributed by atoms with van der Waals surface area (Å²) in [6.45, 7) is 0. The summed E-state index contributed by atoms with van der Waals surface area (Å²) < 4.78 is 26.2. The number of hydrogen-bond acceptors (Lipinski definition) is 6. The van der Waals surface area contributed by atoms with Crippen molar-refractivity contribution in [3.8, 4) is 0 Å². The Hall–Kier alpha value is -2.92. The first-order chi connectivity index (χ1) is 8.25. The first-order valence-corrected chi connectivity index (χ1v) is 3.97. The number of halogens is 2. The van der Waals surface area contributed by atoms with Gasteiger partial charge in [0.2, 0.25) is 11.6 Å². The van der Waals surface area contributed by atoms with Gasteiger partial charge in [-0.05, 0) is 0 Å². The number of anilines is 1. The van der Waals surface area contributed by atoms with Crippen molar-refractivity contribution in [1.29, 1.82) is 0 Å². The molecule has 0 bridgehead atoms. The summed E-state index contributed by atoms with van der Waals surface area (Å²) in [7, 11) is 0. The zero-order valence-corrected chi connectivity index (χ0v) is 8.12. The third-order valence-electron chi connectivity index (χ3n) is 1.75. The lowest BCUT2D eigenvalue weighted by Crippen LogP contribution is -2.13. The van der Waals surface area contributed by atoms with Crippen LogP contribution in [0.5, 0.6) is 0 Å². The van der Waals surface area contributed by atoms with Gasteiger partial charge in [-0.15, -0.1) is 0 Å². The number of nitro groups is 3. The standard InChI is InChI=1S/C6H2F2N4O6/c7-2-1-3(8)6(11(15)16)4(9-12(17)18)5(2)10(13)14/h1,9H. The monoisotopic (exact) mass is 264 g/mol. The molecule has 0 radical (unpaired) electrons. The molecule has 0 saturated carbocycles. The molecule has 18 heavy (non-hydrogen) atoms. The molecule has 1 aromatic carbocycles. The number of benzene rings is 1. The Morgan fingerprint density at radius 2 is 1.33 bits per heavy atom. The van der Waals surface area contributed by atoms with Gasteiger partial charge in [-0.2, -0.15) is 8.78 Å². The summed E-state index contributed by atoms with van der Waals surface area (Å²) in [5.41, 5.74) is -3.59. The van der Waals surface area contributed by atoms with Gasteiger partial charge in [0.1, 0.15) is 0 Å². The average Bonchev–Trinajstić information content (AvgIpc) is 2.13. The normalized spacial score (nSPS) is 9.89. The van der Waals surface area contributed by atoms with Gasteiger partial charge in [-0.1, -0.05) is 5.43 Å². The smallest absolute Gasteiger partial charge is 0.258 e. The lowest BCUT2D eigenvalue weighted by molar-refractivity contribution is -0.450. The van der Waals surface area contributed by atoms with Crippen LogP contribution in [0.4, 0.5) is 25.8 Å². The molecule has 0 fully saturated rings. The molecule has 0 spiro atoms. The van der Waals surface area contributed by atoms with Gasteiger partial charge in [-0.3, -0.25) is 20.2 Å². The molecule has 0 amide bonds. The van der Waals surface area contributed by atoms with Crippen LogP contribution in [0, 0.1) is 42.0 Å². The first kappa shape index (κ1) is 13.1. The van der Waals surface area contributed by atoms with E-state index in [4.69, 9.17) is 0 Å². The topological polar surface area (TPSA) is 141 Å². The largest absolute Gasteiger partial charge is 0.341 e. The van der Waals surface area contributed by atoms with E-state index in [9.17, 15) is 39.1 Å². The van der Waals surface area contributed by atoms with Gasteiger partial charge in [0.15, 0.2) is 5.03 Å². The van der Waals surface area contributed by atoms with Crippen LogP contribution in [0.15, 0.2) is 6.07 Å². The van der Waals surface area contributed by atoms with Gasteiger partial charge in [-0.25, -0.2) is 10.1 Å². The van der Waals surface area contributed by atoms with E-state index in [2.05, 4.69) is 0 Å². The quantitative estimate of drug-likeness (QED) is 0.639. The van der Waals surface area contributed by atoms with Crippen molar-refractivity contribution in [2.75, 3.05) is 5.43 Å². The van der Waals surface area contributed by atoms with Crippen molar-refractivity contribution in [2.45, 2.75) is 0 Å². The molecule has 0 unspecified atom stereocenters. The molecule has 0 aliphatic carbocycles. The highest BCUT2D eigenvalue weighted by Gasteiger charge is 2.36. The van der Waals surface area contributed by atoms with E-state index in [1.807, 2.05) is 0 Å². The molecule has 0 atom stereocenters. The van der Waals surface area contributed by atoms with E-state index < -0.39 is 43.6 Å². The maximum Gasteiger partial charge on any atom is 0.341 e. The van der Waals surface area contributed by atoms with Crippen LogP contribution >= 0.6 is 0 Å². The molecule has 0 aromatic heterocycles. The van der Waals surface area contributed by atoms with Crippen LogP contribution in [0.1, 0.15) is 0 Å². The number of rotatable bonds is 4. The number of hydrogen-bond donors (Lipinski definition) is 1. The van der Waals surface area contributed by atoms with Crippen LogP contribution in [0.2, 0.25) is 0 Å². The van der Waals surface area contributed by atoms with Crippen molar-refractivity contribution >= 4 is 17.1 Å². The summed E-state index contributed by atoms with van der Waals surface area (Å²) in [5.74, 6) is -3.54. The highest BCUT2D eigenvalue weighted by molar-refractivity contribution is 5.73. The highest BCUT2D eigenvalue weighted by Crippen LogP contribution is 2.38. The Labute approximate surface area is 95.2 Å². The number of nitrogens with zero attached hydrogens (tertiary/aromatic N) is 3. The Balaban J connectivity index is 3.70.